The number of carbonyl (C=O) groups excluding carboxylic acids is 1. The lowest BCUT2D eigenvalue weighted by molar-refractivity contribution is -0.383. The number of amides is 1. The molecule has 0 heterocycles. The average Bonchev–Trinajstić information content (AvgIpc) is 2.20. The summed E-state index contributed by atoms with van der Waals surface area (Å²) in [4.78, 5) is 20.7. The van der Waals surface area contributed by atoms with E-state index in [0.29, 0.717) is 0 Å². The molecular weight excluding hydrogens is 202 g/mol. The zero-order valence-electron chi connectivity index (χ0n) is 7.89. The third-order valence-electron chi connectivity index (χ3n) is 1.66. The fraction of sp³-hybridized carbons (Fsp3) is 0.125. The fourth-order valence-corrected chi connectivity index (χ4v) is 0.948. The van der Waals surface area contributed by atoms with Gasteiger partial charge in [0.1, 0.15) is 5.69 Å². The van der Waals surface area contributed by atoms with E-state index in [1.54, 1.807) is 0 Å². The van der Waals surface area contributed by atoms with Gasteiger partial charge in [-0.25, -0.2) is 4.79 Å². The minimum absolute atomic E-state index is 0.0374. The number of carbonyl (C=O) groups is 1. The van der Waals surface area contributed by atoms with Crippen molar-refractivity contribution < 1.29 is 14.5 Å². The fourth-order valence-electron chi connectivity index (χ4n) is 0.948. The van der Waals surface area contributed by atoms with Gasteiger partial charge in [0.15, 0.2) is 0 Å². The Kier molecular flexibility index (Phi) is 3.06. The molecule has 1 amide bonds. The molecule has 0 saturated heterocycles. The quantitative estimate of drug-likeness (QED) is 0.436. The molecule has 1 aromatic carbocycles. The zero-order chi connectivity index (χ0) is 11.4. The van der Waals surface area contributed by atoms with E-state index in [0.717, 1.165) is 6.07 Å². The lowest BCUT2D eigenvalue weighted by Gasteiger charge is -2.04. The molecule has 0 bridgehead atoms. The maximum absolute atomic E-state index is 10.8. The molecule has 0 aliphatic heterocycles. The SMILES string of the molecule is COC(=O)Nc1ccc(N)c([N+](=O)[O-])c1. The molecule has 3 N–H and O–H groups in total. The van der Waals surface area contributed by atoms with Crippen LogP contribution < -0.4 is 11.1 Å². The monoisotopic (exact) mass is 211 g/mol. The van der Waals surface area contributed by atoms with Gasteiger partial charge in [-0.15, -0.1) is 0 Å². The largest absolute Gasteiger partial charge is 0.453 e. The third kappa shape index (κ3) is 2.56. The Balaban J connectivity index is 2.97. The van der Waals surface area contributed by atoms with Crippen LogP contribution in [0.1, 0.15) is 0 Å². The number of nitrogens with zero attached hydrogens (tertiary/aromatic N) is 1. The molecule has 0 aromatic heterocycles. The second-order valence-corrected chi connectivity index (χ2v) is 2.65. The van der Waals surface area contributed by atoms with E-state index >= 15 is 0 Å². The molecule has 0 saturated carbocycles. The van der Waals surface area contributed by atoms with Crippen molar-refractivity contribution >= 4 is 23.2 Å². The minimum Gasteiger partial charge on any atom is -0.453 e. The van der Waals surface area contributed by atoms with Crippen LogP contribution in [0.4, 0.5) is 21.9 Å². The number of rotatable bonds is 2. The summed E-state index contributed by atoms with van der Waals surface area (Å²) >= 11 is 0. The van der Waals surface area contributed by atoms with Gasteiger partial charge < -0.3 is 10.5 Å². The van der Waals surface area contributed by atoms with Crippen molar-refractivity contribution in [3.8, 4) is 0 Å². The number of nitrogens with one attached hydrogen (secondary N) is 1. The number of hydrogen-bond donors (Lipinski definition) is 2. The van der Waals surface area contributed by atoms with Crippen molar-refractivity contribution in [3.05, 3.63) is 28.3 Å². The predicted molar refractivity (Wildman–Crippen MR) is 53.5 cm³/mol. The number of nitrogen functional groups attached to an aromatic ring is 1. The van der Waals surface area contributed by atoms with Crippen LogP contribution in [0.2, 0.25) is 0 Å². The van der Waals surface area contributed by atoms with Crippen molar-refractivity contribution in [1.82, 2.24) is 0 Å². The van der Waals surface area contributed by atoms with E-state index in [2.05, 4.69) is 10.1 Å². The summed E-state index contributed by atoms with van der Waals surface area (Å²) in [5.74, 6) is 0. The highest BCUT2D eigenvalue weighted by atomic mass is 16.6. The molecule has 0 unspecified atom stereocenters. The molecular formula is C8H9N3O4. The first-order valence-electron chi connectivity index (χ1n) is 3.93. The van der Waals surface area contributed by atoms with E-state index in [1.165, 1.54) is 19.2 Å². The highest BCUT2D eigenvalue weighted by Gasteiger charge is 2.12. The number of nitro benzene ring substituents is 1. The first kappa shape index (κ1) is 10.8. The maximum Gasteiger partial charge on any atom is 0.411 e. The van der Waals surface area contributed by atoms with Crippen LogP contribution >= 0.6 is 0 Å². The van der Waals surface area contributed by atoms with Crippen molar-refractivity contribution in [2.24, 2.45) is 0 Å². The van der Waals surface area contributed by atoms with E-state index in [1.807, 2.05) is 0 Å². The molecule has 7 nitrogen and oxygen atoms in total. The van der Waals surface area contributed by atoms with Crippen molar-refractivity contribution in [3.63, 3.8) is 0 Å². The van der Waals surface area contributed by atoms with Gasteiger partial charge in [0.05, 0.1) is 17.7 Å². The Morgan fingerprint density at radius 1 is 1.60 bits per heavy atom. The molecule has 15 heavy (non-hydrogen) atoms. The lowest BCUT2D eigenvalue weighted by Crippen LogP contribution is -2.11. The molecule has 1 rings (SSSR count). The van der Waals surface area contributed by atoms with Crippen LogP contribution in [0.15, 0.2) is 18.2 Å². The summed E-state index contributed by atoms with van der Waals surface area (Å²) in [6.07, 6.45) is -0.700. The molecule has 0 aliphatic rings. The molecule has 0 radical (unpaired) electrons. The van der Waals surface area contributed by atoms with Gasteiger partial charge in [-0.2, -0.15) is 0 Å². The van der Waals surface area contributed by atoms with Crippen LogP contribution in [0.5, 0.6) is 0 Å². The Morgan fingerprint density at radius 2 is 2.27 bits per heavy atom. The first-order valence-corrected chi connectivity index (χ1v) is 3.93. The van der Waals surface area contributed by atoms with Gasteiger partial charge in [-0.1, -0.05) is 0 Å². The van der Waals surface area contributed by atoms with E-state index < -0.39 is 11.0 Å². The van der Waals surface area contributed by atoms with Gasteiger partial charge >= 0.3 is 6.09 Å². The van der Waals surface area contributed by atoms with Crippen LogP contribution in [0.25, 0.3) is 0 Å². The van der Waals surface area contributed by atoms with Crippen molar-refractivity contribution in [1.29, 1.82) is 0 Å². The van der Waals surface area contributed by atoms with E-state index in [9.17, 15) is 14.9 Å². The summed E-state index contributed by atoms with van der Waals surface area (Å²) in [7, 11) is 1.20. The lowest BCUT2D eigenvalue weighted by atomic mass is 10.2. The standard InChI is InChI=1S/C8H9N3O4/c1-15-8(12)10-5-2-3-6(9)7(4-5)11(13)14/h2-4H,9H2,1H3,(H,10,12). The highest BCUT2D eigenvalue weighted by Crippen LogP contribution is 2.24. The molecule has 7 heteroatoms. The molecule has 0 atom stereocenters. The van der Waals surface area contributed by atoms with Crippen LogP contribution in [0, 0.1) is 10.1 Å². The van der Waals surface area contributed by atoms with Crippen LogP contribution in [-0.4, -0.2) is 18.1 Å². The van der Waals surface area contributed by atoms with Gasteiger partial charge in [-0.05, 0) is 12.1 Å². The average molecular weight is 211 g/mol. The van der Waals surface area contributed by atoms with Crippen LogP contribution in [0.3, 0.4) is 0 Å². The third-order valence-corrected chi connectivity index (χ3v) is 1.66. The maximum atomic E-state index is 10.8. The number of ether oxygens (including phenoxy) is 1. The molecule has 80 valence electrons. The van der Waals surface area contributed by atoms with Gasteiger partial charge in [0.25, 0.3) is 5.69 Å². The van der Waals surface area contributed by atoms with Gasteiger partial charge in [0.2, 0.25) is 0 Å². The second kappa shape index (κ2) is 4.27. The van der Waals surface area contributed by atoms with E-state index in [-0.39, 0.29) is 17.1 Å². The summed E-state index contributed by atoms with van der Waals surface area (Å²) in [6, 6.07) is 3.94. The Morgan fingerprint density at radius 3 is 2.80 bits per heavy atom. The number of benzene rings is 1. The van der Waals surface area contributed by atoms with E-state index in [4.69, 9.17) is 5.73 Å². The summed E-state index contributed by atoms with van der Waals surface area (Å²) in [6.45, 7) is 0. The van der Waals surface area contributed by atoms with Gasteiger partial charge in [-0.3, -0.25) is 15.4 Å². The number of anilines is 2. The Bertz CT molecular complexity index is 405. The summed E-state index contributed by atoms with van der Waals surface area (Å²) in [5.41, 5.74) is 5.40. The Hall–Kier alpha value is -2.31. The predicted octanol–water partition coefficient (Wildman–Crippen LogP) is 1.36. The molecule has 0 spiro atoms. The summed E-state index contributed by atoms with van der Waals surface area (Å²) in [5, 5.41) is 12.8. The second-order valence-electron chi connectivity index (χ2n) is 2.65. The number of hydrogen-bond acceptors (Lipinski definition) is 5. The topological polar surface area (TPSA) is 107 Å². The number of nitro groups is 1. The van der Waals surface area contributed by atoms with Gasteiger partial charge in [0, 0.05) is 6.07 Å². The molecule has 0 aliphatic carbocycles. The van der Waals surface area contributed by atoms with Crippen LogP contribution in [-0.2, 0) is 4.74 Å². The summed E-state index contributed by atoms with van der Waals surface area (Å²) < 4.78 is 4.33. The highest BCUT2D eigenvalue weighted by molar-refractivity contribution is 5.85. The smallest absolute Gasteiger partial charge is 0.411 e. The Labute approximate surface area is 85.0 Å². The number of nitrogens with two attached hydrogens (primary N) is 1. The first-order chi connectivity index (χ1) is 7.04. The van der Waals surface area contributed by atoms with Crippen molar-refractivity contribution in [2.45, 2.75) is 0 Å². The molecule has 0 fully saturated rings. The number of methoxy groups -OCH3 is 1. The molecule has 1 aromatic rings. The normalized spacial score (nSPS) is 9.40. The van der Waals surface area contributed by atoms with Crippen molar-refractivity contribution in [2.75, 3.05) is 18.2 Å². The zero-order valence-corrected chi connectivity index (χ0v) is 7.89. The minimum atomic E-state index is -0.700.